The number of halogens is 1. The van der Waals surface area contributed by atoms with E-state index in [1.54, 1.807) is 12.1 Å². The molecule has 0 bridgehead atoms. The van der Waals surface area contributed by atoms with E-state index in [0.29, 0.717) is 35.3 Å². The number of nitrogens with two attached hydrogens (primary N) is 1. The van der Waals surface area contributed by atoms with Gasteiger partial charge in [0.1, 0.15) is 13.2 Å². The molecule has 0 saturated heterocycles. The molecule has 1 aliphatic rings. The predicted molar refractivity (Wildman–Crippen MR) is 62.4 cm³/mol. The smallest absolute Gasteiger partial charge is 0.230 e. The maximum Gasteiger partial charge on any atom is 0.230 e. The molecule has 88 valence electrons. The van der Waals surface area contributed by atoms with E-state index >= 15 is 0 Å². The Morgan fingerprint density at radius 1 is 1.18 bits per heavy atom. The highest BCUT2D eigenvalue weighted by atomic mass is 35.5. The number of aromatic nitrogens is 1. The third kappa shape index (κ3) is 1.59. The van der Waals surface area contributed by atoms with Crippen LogP contribution in [0.1, 0.15) is 0 Å². The van der Waals surface area contributed by atoms with Gasteiger partial charge in [0.05, 0.1) is 16.8 Å². The Balaban J connectivity index is 2.16. The van der Waals surface area contributed by atoms with Gasteiger partial charge in [-0.25, -0.2) is 0 Å². The zero-order valence-electron chi connectivity index (χ0n) is 8.77. The molecule has 0 saturated carbocycles. The predicted octanol–water partition coefficient (Wildman–Crippen LogP) is 2.35. The summed E-state index contributed by atoms with van der Waals surface area (Å²) in [5.74, 6) is 1.40. The van der Waals surface area contributed by atoms with E-state index in [9.17, 15) is 0 Å². The summed E-state index contributed by atoms with van der Waals surface area (Å²) in [5, 5.41) is 4.08. The Labute approximate surface area is 102 Å². The van der Waals surface area contributed by atoms with Crippen molar-refractivity contribution >= 4 is 17.5 Å². The van der Waals surface area contributed by atoms with Gasteiger partial charge in [-0.2, -0.15) is 0 Å². The Morgan fingerprint density at radius 3 is 2.76 bits per heavy atom. The topological polar surface area (TPSA) is 70.5 Å². The van der Waals surface area contributed by atoms with Crippen molar-refractivity contribution in [3.8, 4) is 22.6 Å². The fraction of sp³-hybridized carbons (Fsp3) is 0.182. The van der Waals surface area contributed by atoms with Crippen molar-refractivity contribution in [3.63, 3.8) is 0 Å². The lowest BCUT2D eigenvalue weighted by atomic mass is 10.1. The molecule has 6 heteroatoms. The van der Waals surface area contributed by atoms with Crippen molar-refractivity contribution in [1.29, 1.82) is 0 Å². The maximum atomic E-state index is 6.26. The standard InChI is InChI=1S/C11H9ClN2O3/c12-9-6(7-5-14-17-11(7)13)1-2-8-10(9)16-4-3-15-8/h1-2,5H,3-4,13H2. The van der Waals surface area contributed by atoms with Gasteiger partial charge in [-0.15, -0.1) is 0 Å². The number of rotatable bonds is 1. The van der Waals surface area contributed by atoms with E-state index in [1.165, 1.54) is 6.20 Å². The van der Waals surface area contributed by atoms with Crippen LogP contribution in [0.3, 0.4) is 0 Å². The molecule has 5 nitrogen and oxygen atoms in total. The first-order chi connectivity index (χ1) is 8.27. The van der Waals surface area contributed by atoms with Crippen LogP contribution in [-0.4, -0.2) is 18.4 Å². The number of fused-ring (bicyclic) bond motifs is 1. The second-order valence-electron chi connectivity index (χ2n) is 3.56. The molecule has 0 radical (unpaired) electrons. The van der Waals surface area contributed by atoms with Crippen molar-refractivity contribution in [1.82, 2.24) is 5.16 Å². The van der Waals surface area contributed by atoms with Gasteiger partial charge in [-0.05, 0) is 12.1 Å². The zero-order chi connectivity index (χ0) is 11.8. The summed E-state index contributed by atoms with van der Waals surface area (Å²) in [7, 11) is 0. The minimum Gasteiger partial charge on any atom is -0.486 e. The molecule has 1 aromatic heterocycles. The van der Waals surface area contributed by atoms with Crippen LogP contribution in [0.25, 0.3) is 11.1 Å². The first kappa shape index (κ1) is 10.3. The average Bonchev–Trinajstić information content (AvgIpc) is 2.76. The highest BCUT2D eigenvalue weighted by Crippen LogP contribution is 2.44. The first-order valence-electron chi connectivity index (χ1n) is 5.06. The van der Waals surface area contributed by atoms with Gasteiger partial charge in [-0.3, -0.25) is 0 Å². The molecule has 2 N–H and O–H groups in total. The fourth-order valence-electron chi connectivity index (χ4n) is 1.74. The zero-order valence-corrected chi connectivity index (χ0v) is 9.53. The van der Waals surface area contributed by atoms with E-state index < -0.39 is 0 Å². The second-order valence-corrected chi connectivity index (χ2v) is 3.93. The molecule has 17 heavy (non-hydrogen) atoms. The third-order valence-electron chi connectivity index (χ3n) is 2.54. The van der Waals surface area contributed by atoms with Crippen LogP contribution < -0.4 is 15.2 Å². The number of benzene rings is 1. The average molecular weight is 253 g/mol. The monoisotopic (exact) mass is 252 g/mol. The summed E-state index contributed by atoms with van der Waals surface area (Å²) in [5.41, 5.74) is 7.02. The van der Waals surface area contributed by atoms with Crippen LogP contribution in [0.15, 0.2) is 22.9 Å². The van der Waals surface area contributed by atoms with Gasteiger partial charge >= 0.3 is 0 Å². The molecule has 0 amide bonds. The normalized spacial score (nSPS) is 13.7. The molecule has 2 aromatic rings. The van der Waals surface area contributed by atoms with Gasteiger partial charge in [0.2, 0.25) is 5.88 Å². The number of nitrogens with zero attached hydrogens (tertiary/aromatic N) is 1. The van der Waals surface area contributed by atoms with E-state index in [2.05, 4.69) is 5.16 Å². The van der Waals surface area contributed by atoms with Crippen molar-refractivity contribution in [2.45, 2.75) is 0 Å². The number of hydrogen-bond donors (Lipinski definition) is 1. The third-order valence-corrected chi connectivity index (χ3v) is 2.91. The van der Waals surface area contributed by atoms with Crippen LogP contribution >= 0.6 is 11.6 Å². The molecular weight excluding hydrogens is 244 g/mol. The quantitative estimate of drug-likeness (QED) is 0.844. The number of ether oxygens (including phenoxy) is 2. The van der Waals surface area contributed by atoms with Crippen molar-refractivity contribution < 1.29 is 14.0 Å². The van der Waals surface area contributed by atoms with Gasteiger partial charge in [-0.1, -0.05) is 16.8 Å². The molecule has 2 heterocycles. The van der Waals surface area contributed by atoms with E-state index in [1.807, 2.05) is 0 Å². The minimum absolute atomic E-state index is 0.226. The molecule has 0 spiro atoms. The summed E-state index contributed by atoms with van der Waals surface area (Å²) in [6, 6.07) is 3.60. The highest BCUT2D eigenvalue weighted by molar-refractivity contribution is 6.35. The maximum absolute atomic E-state index is 6.26. The summed E-state index contributed by atoms with van der Waals surface area (Å²) >= 11 is 6.26. The molecule has 0 unspecified atom stereocenters. The van der Waals surface area contributed by atoms with Crippen LogP contribution in [0, 0.1) is 0 Å². The fourth-order valence-corrected chi connectivity index (χ4v) is 2.05. The molecule has 0 atom stereocenters. The van der Waals surface area contributed by atoms with Crippen LogP contribution in [0.4, 0.5) is 5.88 Å². The first-order valence-corrected chi connectivity index (χ1v) is 5.44. The van der Waals surface area contributed by atoms with E-state index in [-0.39, 0.29) is 5.88 Å². The van der Waals surface area contributed by atoms with Crippen molar-refractivity contribution in [2.75, 3.05) is 18.9 Å². The van der Waals surface area contributed by atoms with Gasteiger partial charge < -0.3 is 19.7 Å². The Kier molecular flexibility index (Phi) is 2.33. The Hall–Kier alpha value is -1.88. The summed E-state index contributed by atoms with van der Waals surface area (Å²) in [6.45, 7) is 1.01. The highest BCUT2D eigenvalue weighted by Gasteiger charge is 2.20. The number of nitrogen functional groups attached to an aromatic ring is 1. The van der Waals surface area contributed by atoms with Crippen molar-refractivity contribution in [3.05, 3.63) is 23.4 Å². The molecule has 0 aliphatic carbocycles. The van der Waals surface area contributed by atoms with Crippen LogP contribution in [0.2, 0.25) is 5.02 Å². The lowest BCUT2D eigenvalue weighted by molar-refractivity contribution is 0.172. The summed E-state index contributed by atoms with van der Waals surface area (Å²) < 4.78 is 15.7. The molecule has 1 aromatic carbocycles. The van der Waals surface area contributed by atoms with Gasteiger partial charge in [0.25, 0.3) is 0 Å². The largest absolute Gasteiger partial charge is 0.486 e. The van der Waals surface area contributed by atoms with E-state index in [4.69, 9.17) is 31.3 Å². The van der Waals surface area contributed by atoms with Gasteiger partial charge in [0, 0.05) is 5.56 Å². The lowest BCUT2D eigenvalue weighted by Crippen LogP contribution is -2.15. The number of hydrogen-bond acceptors (Lipinski definition) is 5. The van der Waals surface area contributed by atoms with Gasteiger partial charge in [0.15, 0.2) is 11.5 Å². The Bertz CT molecular complexity index is 568. The molecule has 0 fully saturated rings. The second kappa shape index (κ2) is 3.85. The molecule has 3 rings (SSSR count). The SMILES string of the molecule is Nc1oncc1-c1ccc2c(c1Cl)OCCO2. The molecule has 1 aliphatic heterocycles. The van der Waals surface area contributed by atoms with Crippen LogP contribution in [0.5, 0.6) is 11.5 Å². The van der Waals surface area contributed by atoms with Crippen LogP contribution in [-0.2, 0) is 0 Å². The minimum atomic E-state index is 0.226. The van der Waals surface area contributed by atoms with Crippen molar-refractivity contribution in [2.24, 2.45) is 0 Å². The molecular formula is C11H9ClN2O3. The Morgan fingerprint density at radius 2 is 2.00 bits per heavy atom. The summed E-state index contributed by atoms with van der Waals surface area (Å²) in [4.78, 5) is 0. The van der Waals surface area contributed by atoms with E-state index in [0.717, 1.165) is 5.56 Å². The lowest BCUT2D eigenvalue weighted by Gasteiger charge is -2.20. The summed E-state index contributed by atoms with van der Waals surface area (Å²) in [6.07, 6.45) is 1.52. The number of anilines is 1.